The van der Waals surface area contributed by atoms with E-state index >= 15 is 0 Å². The predicted molar refractivity (Wildman–Crippen MR) is 82.5 cm³/mol. The van der Waals surface area contributed by atoms with Crippen molar-refractivity contribution in [1.29, 1.82) is 0 Å². The lowest BCUT2D eigenvalue weighted by Gasteiger charge is -2.20. The Morgan fingerprint density at radius 2 is 2.33 bits per heavy atom. The average Bonchev–Trinajstić information content (AvgIpc) is 3.09. The Morgan fingerprint density at radius 3 is 3.05 bits per heavy atom. The van der Waals surface area contributed by atoms with Crippen molar-refractivity contribution in [2.45, 2.75) is 24.8 Å². The van der Waals surface area contributed by atoms with Gasteiger partial charge in [0.2, 0.25) is 5.91 Å². The molecule has 0 spiro atoms. The molecule has 2 aliphatic rings. The summed E-state index contributed by atoms with van der Waals surface area (Å²) in [6, 6.07) is 8.12. The summed E-state index contributed by atoms with van der Waals surface area (Å²) in [5.74, 6) is 1.38. The highest BCUT2D eigenvalue weighted by Gasteiger charge is 2.45. The molecule has 0 radical (unpaired) electrons. The number of rotatable bonds is 5. The van der Waals surface area contributed by atoms with Gasteiger partial charge in [0.15, 0.2) is 0 Å². The van der Waals surface area contributed by atoms with Crippen molar-refractivity contribution in [1.82, 2.24) is 5.32 Å². The fourth-order valence-electron chi connectivity index (χ4n) is 2.82. The second kappa shape index (κ2) is 5.56. The van der Waals surface area contributed by atoms with Crippen LogP contribution >= 0.6 is 0 Å². The van der Waals surface area contributed by atoms with Gasteiger partial charge in [0.05, 0.1) is 12.6 Å². The monoisotopic (exact) mass is 289 g/mol. The molecule has 1 amide bonds. The van der Waals surface area contributed by atoms with Gasteiger partial charge in [0.1, 0.15) is 5.75 Å². The van der Waals surface area contributed by atoms with Crippen LogP contribution in [0.4, 0.5) is 5.69 Å². The number of benzene rings is 1. The van der Waals surface area contributed by atoms with Crippen molar-refractivity contribution in [3.8, 4) is 5.75 Å². The number of hydrogen-bond donors (Lipinski definition) is 2. The zero-order chi connectivity index (χ0) is 14.9. The Kier molecular flexibility index (Phi) is 3.76. The first-order chi connectivity index (χ1) is 10.1. The van der Waals surface area contributed by atoms with E-state index in [0.717, 1.165) is 44.6 Å². The first kappa shape index (κ1) is 14.2. The molecule has 1 aliphatic carbocycles. The van der Waals surface area contributed by atoms with Crippen LogP contribution in [0.15, 0.2) is 24.3 Å². The Hall–Kier alpha value is -1.75. The number of nitrogens with one attached hydrogen (secondary N) is 1. The smallest absolute Gasteiger partial charge is 0.240 e. The molecule has 1 aliphatic heterocycles. The maximum Gasteiger partial charge on any atom is 0.240 e. The van der Waals surface area contributed by atoms with Crippen molar-refractivity contribution in [3.05, 3.63) is 24.3 Å². The van der Waals surface area contributed by atoms with Crippen LogP contribution in [-0.2, 0) is 4.79 Å². The van der Waals surface area contributed by atoms with E-state index in [1.54, 1.807) is 7.11 Å². The molecule has 2 fully saturated rings. The summed E-state index contributed by atoms with van der Waals surface area (Å²) in [6.07, 6.45) is 2.73. The molecule has 1 aromatic carbocycles. The predicted octanol–water partition coefficient (Wildman–Crippen LogP) is 1.13. The number of ether oxygens (including phenoxy) is 1. The third-order valence-corrected chi connectivity index (χ3v) is 4.50. The normalized spacial score (nSPS) is 23.0. The van der Waals surface area contributed by atoms with E-state index in [1.807, 2.05) is 12.1 Å². The number of nitrogens with zero attached hydrogens (tertiary/aromatic N) is 1. The third-order valence-electron chi connectivity index (χ3n) is 4.50. The van der Waals surface area contributed by atoms with Crippen LogP contribution in [0.3, 0.4) is 0 Å². The molecule has 114 valence electrons. The number of anilines is 1. The van der Waals surface area contributed by atoms with Crippen LogP contribution < -0.4 is 20.7 Å². The van der Waals surface area contributed by atoms with Crippen molar-refractivity contribution < 1.29 is 9.53 Å². The van der Waals surface area contributed by atoms with Crippen LogP contribution in [0.5, 0.6) is 5.75 Å². The molecule has 1 saturated heterocycles. The van der Waals surface area contributed by atoms with Gasteiger partial charge in [-0.25, -0.2) is 0 Å². The van der Waals surface area contributed by atoms with Crippen molar-refractivity contribution >= 4 is 11.6 Å². The van der Waals surface area contributed by atoms with Gasteiger partial charge in [-0.3, -0.25) is 4.79 Å². The number of carbonyl (C=O) groups is 1. The van der Waals surface area contributed by atoms with Crippen molar-refractivity contribution in [3.63, 3.8) is 0 Å². The lowest BCUT2D eigenvalue weighted by Crippen LogP contribution is -2.44. The van der Waals surface area contributed by atoms with Crippen LogP contribution in [0.2, 0.25) is 0 Å². The molecule has 3 rings (SSSR count). The van der Waals surface area contributed by atoms with Gasteiger partial charge in [0.25, 0.3) is 0 Å². The highest BCUT2D eigenvalue weighted by Crippen LogP contribution is 2.32. The molecular weight excluding hydrogens is 266 g/mol. The number of nitrogens with two attached hydrogens (primary N) is 1. The molecule has 5 nitrogen and oxygen atoms in total. The van der Waals surface area contributed by atoms with E-state index in [0.29, 0.717) is 5.92 Å². The minimum Gasteiger partial charge on any atom is -0.497 e. The van der Waals surface area contributed by atoms with Gasteiger partial charge in [-0.15, -0.1) is 0 Å². The highest BCUT2D eigenvalue weighted by molar-refractivity contribution is 5.88. The van der Waals surface area contributed by atoms with Gasteiger partial charge in [-0.1, -0.05) is 6.07 Å². The minimum absolute atomic E-state index is 0.0160. The van der Waals surface area contributed by atoms with Gasteiger partial charge in [-0.2, -0.15) is 0 Å². The molecule has 1 heterocycles. The van der Waals surface area contributed by atoms with Crippen LogP contribution in [0, 0.1) is 5.92 Å². The first-order valence-corrected chi connectivity index (χ1v) is 7.57. The molecule has 1 saturated carbocycles. The minimum atomic E-state index is -0.564. The largest absolute Gasteiger partial charge is 0.497 e. The number of amides is 1. The second-order valence-electron chi connectivity index (χ2n) is 6.17. The van der Waals surface area contributed by atoms with Crippen LogP contribution in [-0.4, -0.2) is 38.2 Å². The van der Waals surface area contributed by atoms with Gasteiger partial charge in [-0.05, 0) is 37.3 Å². The van der Waals surface area contributed by atoms with Gasteiger partial charge >= 0.3 is 0 Å². The summed E-state index contributed by atoms with van der Waals surface area (Å²) in [6.45, 7) is 2.70. The molecule has 1 atom stereocenters. The molecule has 21 heavy (non-hydrogen) atoms. The topological polar surface area (TPSA) is 67.6 Å². The molecule has 1 aromatic rings. The third kappa shape index (κ3) is 3.13. The van der Waals surface area contributed by atoms with E-state index in [1.165, 1.54) is 5.69 Å². The van der Waals surface area contributed by atoms with Crippen LogP contribution in [0.25, 0.3) is 0 Å². The molecule has 5 heteroatoms. The quantitative estimate of drug-likeness (QED) is 0.852. The van der Waals surface area contributed by atoms with Crippen molar-refractivity contribution in [2.75, 3.05) is 31.6 Å². The summed E-state index contributed by atoms with van der Waals surface area (Å²) >= 11 is 0. The first-order valence-electron chi connectivity index (χ1n) is 7.57. The lowest BCUT2D eigenvalue weighted by atomic mass is 10.1. The summed E-state index contributed by atoms with van der Waals surface area (Å²) in [4.78, 5) is 14.2. The maximum atomic E-state index is 11.9. The molecular formula is C16H23N3O2. The zero-order valence-electron chi connectivity index (χ0n) is 12.5. The molecule has 3 N–H and O–H groups in total. The number of methoxy groups -OCH3 is 1. The Balaban J connectivity index is 1.51. The summed E-state index contributed by atoms with van der Waals surface area (Å²) in [5, 5.41) is 3.01. The lowest BCUT2D eigenvalue weighted by molar-refractivity contribution is -0.123. The fourth-order valence-corrected chi connectivity index (χ4v) is 2.82. The Labute approximate surface area is 125 Å². The average molecular weight is 289 g/mol. The fraction of sp³-hybridized carbons (Fsp3) is 0.562. The SMILES string of the molecule is COc1cccc(N2CCC(CNC(=O)C3(N)CC3)C2)c1. The van der Waals surface area contributed by atoms with Gasteiger partial charge in [0, 0.05) is 31.4 Å². The van der Waals surface area contributed by atoms with Gasteiger partial charge < -0.3 is 20.7 Å². The Morgan fingerprint density at radius 1 is 1.52 bits per heavy atom. The molecule has 0 bridgehead atoms. The summed E-state index contributed by atoms with van der Waals surface area (Å²) in [7, 11) is 1.68. The number of hydrogen-bond acceptors (Lipinski definition) is 4. The van der Waals surface area contributed by atoms with Crippen molar-refractivity contribution in [2.24, 2.45) is 11.7 Å². The maximum absolute atomic E-state index is 11.9. The summed E-state index contributed by atoms with van der Waals surface area (Å²) < 4.78 is 5.27. The molecule has 0 aromatic heterocycles. The van der Waals surface area contributed by atoms with E-state index in [2.05, 4.69) is 22.3 Å². The standard InChI is InChI=1S/C16H23N3O2/c1-21-14-4-2-3-13(9-14)19-8-5-12(11-19)10-18-15(20)16(17)6-7-16/h2-4,9,12H,5-8,10-11,17H2,1H3,(H,18,20). The highest BCUT2D eigenvalue weighted by atomic mass is 16.5. The zero-order valence-corrected chi connectivity index (χ0v) is 12.5. The second-order valence-corrected chi connectivity index (χ2v) is 6.17. The molecule has 1 unspecified atom stereocenters. The summed E-state index contributed by atoms with van der Waals surface area (Å²) in [5.41, 5.74) is 6.51. The van der Waals surface area contributed by atoms with E-state index in [-0.39, 0.29) is 5.91 Å². The van der Waals surface area contributed by atoms with E-state index < -0.39 is 5.54 Å². The Bertz CT molecular complexity index is 528. The van der Waals surface area contributed by atoms with Crippen LogP contribution in [0.1, 0.15) is 19.3 Å². The number of carbonyl (C=O) groups excluding carboxylic acids is 1. The van der Waals surface area contributed by atoms with E-state index in [9.17, 15) is 4.79 Å². The van der Waals surface area contributed by atoms with E-state index in [4.69, 9.17) is 10.5 Å².